The summed E-state index contributed by atoms with van der Waals surface area (Å²) in [5, 5.41) is 24.8. The zero-order chi connectivity index (χ0) is 53.9. The Kier molecular flexibility index (Phi) is 15.0. The number of carbonyl (C=O) groups is 2. The molecule has 5 fully saturated rings. The van der Waals surface area contributed by atoms with Crippen LogP contribution in [-0.2, 0) is 19.7 Å². The lowest BCUT2D eigenvalue weighted by Crippen LogP contribution is -2.52. The first-order valence-electron chi connectivity index (χ1n) is 28.8. The summed E-state index contributed by atoms with van der Waals surface area (Å²) in [6.45, 7) is 14.8. The number of halogens is 1. The van der Waals surface area contributed by atoms with Crippen LogP contribution in [0.15, 0.2) is 77.2 Å². The molecule has 17 heteroatoms. The molecule has 1 spiro atoms. The maximum Gasteiger partial charge on any atom is 0.282 e. The maximum absolute atomic E-state index is 14.9. The van der Waals surface area contributed by atoms with Crippen LogP contribution in [0, 0.1) is 18.3 Å². The van der Waals surface area contributed by atoms with Crippen molar-refractivity contribution in [1.29, 1.82) is 0 Å². The molecule has 3 aromatic carbocycles. The van der Waals surface area contributed by atoms with E-state index in [0.717, 1.165) is 136 Å². The number of aliphatic hydroxyl groups is 1. The number of aromatic nitrogens is 6. The molecule has 2 amide bonds. The number of rotatable bonds is 12. The van der Waals surface area contributed by atoms with Crippen LogP contribution in [0.1, 0.15) is 156 Å². The van der Waals surface area contributed by atoms with Crippen molar-refractivity contribution in [2.45, 2.75) is 146 Å². The Hall–Kier alpha value is -5.36. The van der Waals surface area contributed by atoms with Crippen molar-refractivity contribution in [2.75, 3.05) is 59.0 Å². The standard InChI is InChI=1S/C61H75ClN10O5S/c1-38-54(78-37-63-38)43-17-15-41(16-18-43)48(35-69-27-29-77-30-28-69)64-56(74)52-32-45(73)34-70(52)58(76)55(60(2,3)4)71-36-49(66-67-71)42-13-11-39(12-14-42)33-68-25-21-40(22-26-68)44-19-20-46-51(31-44)72-50-10-8-9-47(62)53(50)57(75)65-59(72)61(46)23-6-5-7-24-61/h8-10,15-20,31,36-37,39-40,42,45,48,52,55,73H,5-7,11-14,21-30,32-35H2,1-4H3,(H,64,74). The van der Waals surface area contributed by atoms with E-state index in [-0.39, 0.29) is 47.7 Å². The first-order valence-corrected chi connectivity index (χ1v) is 30.1. The molecule has 2 N–H and O–H groups in total. The lowest BCUT2D eigenvalue weighted by Gasteiger charge is -2.37. The van der Waals surface area contributed by atoms with Gasteiger partial charge in [0.05, 0.1) is 74.2 Å². The van der Waals surface area contributed by atoms with Crippen molar-refractivity contribution in [3.63, 3.8) is 0 Å². The second-order valence-electron chi connectivity index (χ2n) is 24.6. The predicted molar refractivity (Wildman–Crippen MR) is 304 cm³/mol. The summed E-state index contributed by atoms with van der Waals surface area (Å²) in [5.41, 5.74) is 9.52. The Morgan fingerprint density at radius 3 is 2.40 bits per heavy atom. The molecule has 0 bridgehead atoms. The van der Waals surface area contributed by atoms with Gasteiger partial charge in [-0.15, -0.1) is 16.4 Å². The summed E-state index contributed by atoms with van der Waals surface area (Å²) < 4.78 is 9.64. The van der Waals surface area contributed by atoms with Crippen LogP contribution in [-0.4, -0.2) is 132 Å². The molecular formula is C61H75ClN10O5S. The summed E-state index contributed by atoms with van der Waals surface area (Å²) in [4.78, 5) is 59.9. The summed E-state index contributed by atoms with van der Waals surface area (Å²) >= 11 is 8.28. The van der Waals surface area contributed by atoms with Crippen LogP contribution in [0.25, 0.3) is 27.0 Å². The highest BCUT2D eigenvalue weighted by molar-refractivity contribution is 7.13. The van der Waals surface area contributed by atoms with Crippen molar-refractivity contribution < 1.29 is 19.4 Å². The van der Waals surface area contributed by atoms with Crippen LogP contribution in [0.3, 0.4) is 0 Å². The number of β-amino-alcohol motifs (C(OH)–C–C–N with tert-alkyl or cyclic N) is 1. The molecule has 3 saturated heterocycles. The fourth-order valence-corrected chi connectivity index (χ4v) is 15.4. The maximum atomic E-state index is 14.9. The number of likely N-dealkylation sites (tertiary alicyclic amines) is 2. The van der Waals surface area contributed by atoms with Gasteiger partial charge in [-0.25, -0.2) is 9.67 Å². The van der Waals surface area contributed by atoms with E-state index in [1.165, 1.54) is 23.2 Å². The summed E-state index contributed by atoms with van der Waals surface area (Å²) in [5.74, 6) is 1.72. The fourth-order valence-electron chi connectivity index (χ4n) is 14.3. The third-order valence-electron chi connectivity index (χ3n) is 18.5. The van der Waals surface area contributed by atoms with E-state index in [4.69, 9.17) is 26.4 Å². The monoisotopic (exact) mass is 1090 g/mol. The number of amides is 2. The highest BCUT2D eigenvalue weighted by Crippen LogP contribution is 2.52. The molecule has 4 atom stereocenters. The minimum Gasteiger partial charge on any atom is -0.391 e. The Labute approximate surface area is 466 Å². The largest absolute Gasteiger partial charge is 0.391 e. The quantitative estimate of drug-likeness (QED) is 0.120. The number of nitrogens with one attached hydrogen (secondary N) is 1. The number of ether oxygens (including phenoxy) is 1. The molecular weight excluding hydrogens is 1020 g/mol. The van der Waals surface area contributed by atoms with E-state index in [9.17, 15) is 19.5 Å². The predicted octanol–water partition coefficient (Wildman–Crippen LogP) is 9.52. The molecule has 2 saturated carbocycles. The van der Waals surface area contributed by atoms with Gasteiger partial charge in [-0.2, -0.15) is 4.98 Å². The number of benzene rings is 3. The number of fused-ring (bicyclic) bond motifs is 7. The van der Waals surface area contributed by atoms with Crippen molar-refractivity contribution in [3.8, 4) is 16.1 Å². The van der Waals surface area contributed by atoms with Gasteiger partial charge >= 0.3 is 0 Å². The van der Waals surface area contributed by atoms with Gasteiger partial charge in [0.15, 0.2) is 0 Å². The van der Waals surface area contributed by atoms with Gasteiger partial charge in [0.2, 0.25) is 11.8 Å². The van der Waals surface area contributed by atoms with Gasteiger partial charge < -0.3 is 25.0 Å². The topological polar surface area (TPSA) is 164 Å². The average molecular weight is 1100 g/mol. The molecule has 412 valence electrons. The SMILES string of the molecule is Cc1ncsc1-c1ccc(C(CN2CCOCC2)NC(=O)C2CC(O)CN2C(=O)C(n2cc(C3CCC(CN4CCC(c5ccc6c(c5)-n5c(nc(=O)c7c(Cl)cccc75)C65CCCCC5)CC4)CC3)nn2)C(C)(C)C)cc1. The van der Waals surface area contributed by atoms with Crippen LogP contribution in [0.2, 0.25) is 5.02 Å². The first-order chi connectivity index (χ1) is 37.7. The summed E-state index contributed by atoms with van der Waals surface area (Å²) in [7, 11) is 0. The number of piperidine rings is 1. The number of aliphatic hydroxyl groups excluding tert-OH is 1. The zero-order valence-electron chi connectivity index (χ0n) is 45.7. The van der Waals surface area contributed by atoms with Gasteiger partial charge in [-0.3, -0.25) is 23.9 Å². The lowest BCUT2D eigenvalue weighted by molar-refractivity contribution is -0.144. The molecule has 6 aliphatic rings. The number of hydrogen-bond acceptors (Lipinski definition) is 12. The average Bonchev–Trinajstić information content (AvgIpc) is 4.23. The third-order valence-corrected chi connectivity index (χ3v) is 19.8. The summed E-state index contributed by atoms with van der Waals surface area (Å²) in [6, 6.07) is 19.3. The highest BCUT2D eigenvalue weighted by Gasteiger charge is 2.48. The van der Waals surface area contributed by atoms with E-state index < -0.39 is 23.6 Å². The van der Waals surface area contributed by atoms with Gasteiger partial charge in [0.1, 0.15) is 17.9 Å². The van der Waals surface area contributed by atoms with Gasteiger partial charge in [-0.05, 0) is 129 Å². The van der Waals surface area contributed by atoms with Crippen LogP contribution in [0.5, 0.6) is 0 Å². The molecule has 4 aliphatic heterocycles. The highest BCUT2D eigenvalue weighted by atomic mass is 35.5. The van der Waals surface area contributed by atoms with Gasteiger partial charge in [0.25, 0.3) is 5.56 Å². The first kappa shape index (κ1) is 53.3. The van der Waals surface area contributed by atoms with Crippen LogP contribution < -0.4 is 10.9 Å². The van der Waals surface area contributed by atoms with Gasteiger partial charge in [-0.1, -0.05) is 99.3 Å². The number of carbonyl (C=O) groups excluding carboxylic acids is 2. The van der Waals surface area contributed by atoms with Crippen molar-refractivity contribution >= 4 is 45.7 Å². The minimum absolute atomic E-state index is 0.0726. The van der Waals surface area contributed by atoms with Crippen molar-refractivity contribution in [2.24, 2.45) is 11.3 Å². The second-order valence-corrected chi connectivity index (χ2v) is 25.8. The van der Waals surface area contributed by atoms with E-state index >= 15 is 0 Å². The van der Waals surface area contributed by atoms with Crippen LogP contribution >= 0.6 is 22.9 Å². The lowest BCUT2D eigenvalue weighted by atomic mass is 9.69. The fraction of sp³-hybridized carbons (Fsp3) is 0.557. The molecule has 15 nitrogen and oxygen atoms in total. The molecule has 12 rings (SSSR count). The normalized spacial score (nSPS) is 23.8. The Balaban J connectivity index is 0.676. The Morgan fingerprint density at radius 1 is 0.923 bits per heavy atom. The smallest absolute Gasteiger partial charge is 0.282 e. The molecule has 0 radical (unpaired) electrons. The van der Waals surface area contributed by atoms with Crippen molar-refractivity contribution in [3.05, 3.63) is 122 Å². The van der Waals surface area contributed by atoms with Crippen LogP contribution in [0.4, 0.5) is 0 Å². The molecule has 2 aliphatic carbocycles. The van der Waals surface area contributed by atoms with E-state index in [1.54, 1.807) is 27.0 Å². The van der Waals surface area contributed by atoms with E-state index in [1.807, 2.05) is 51.5 Å². The molecule has 7 heterocycles. The molecule has 3 aromatic heterocycles. The number of morpholine rings is 1. The second kappa shape index (κ2) is 21.9. The number of thiazole rings is 1. The number of aryl methyl sites for hydroxylation is 1. The molecule has 4 unspecified atom stereocenters. The number of hydrogen-bond donors (Lipinski definition) is 2. The Bertz CT molecular complexity index is 3210. The molecule has 6 aromatic rings. The van der Waals surface area contributed by atoms with E-state index in [2.05, 4.69) is 72.3 Å². The van der Waals surface area contributed by atoms with Crippen molar-refractivity contribution in [1.82, 2.24) is 49.5 Å². The summed E-state index contributed by atoms with van der Waals surface area (Å²) in [6.07, 6.45) is 13.3. The minimum atomic E-state index is -0.841. The van der Waals surface area contributed by atoms with Gasteiger partial charge in [0, 0.05) is 51.3 Å². The van der Waals surface area contributed by atoms with E-state index in [0.29, 0.717) is 42.0 Å². The number of nitrogens with zero attached hydrogens (tertiary/aromatic N) is 9. The zero-order valence-corrected chi connectivity index (χ0v) is 47.3. The Morgan fingerprint density at radius 2 is 1.68 bits per heavy atom. The third kappa shape index (κ3) is 10.3. The molecule has 78 heavy (non-hydrogen) atoms.